The first-order valence-electron chi connectivity index (χ1n) is 10.0. The highest BCUT2D eigenvalue weighted by Gasteiger charge is 2.46. The minimum Gasteiger partial charge on any atom is -0.507 e. The Balaban J connectivity index is 1.85. The minimum atomic E-state index is -0.877. The lowest BCUT2D eigenvalue weighted by Crippen LogP contribution is -2.29. The third-order valence-electron chi connectivity index (χ3n) is 5.48. The third-order valence-corrected chi connectivity index (χ3v) is 5.48. The molecule has 1 saturated heterocycles. The summed E-state index contributed by atoms with van der Waals surface area (Å²) in [6.45, 7) is 2.05. The molecule has 7 heteroatoms. The van der Waals surface area contributed by atoms with Gasteiger partial charge in [-0.15, -0.1) is 0 Å². The molecule has 1 fully saturated rings. The van der Waals surface area contributed by atoms with Crippen LogP contribution in [0.25, 0.3) is 5.76 Å². The highest BCUT2D eigenvalue weighted by molar-refractivity contribution is 6.46. The summed E-state index contributed by atoms with van der Waals surface area (Å²) in [6.07, 6.45) is 0. The van der Waals surface area contributed by atoms with Crippen LogP contribution in [0.15, 0.2) is 84.4 Å². The lowest BCUT2D eigenvalue weighted by atomic mass is 9.94. The number of amides is 1. The van der Waals surface area contributed by atoms with Crippen LogP contribution in [0, 0.1) is 17.0 Å². The monoisotopic (exact) mass is 428 g/mol. The minimum absolute atomic E-state index is 0.0383. The van der Waals surface area contributed by atoms with Gasteiger partial charge in [0.05, 0.1) is 16.5 Å². The zero-order valence-corrected chi connectivity index (χ0v) is 17.3. The maximum absolute atomic E-state index is 13.0. The Kier molecular flexibility index (Phi) is 5.55. The summed E-state index contributed by atoms with van der Waals surface area (Å²) in [4.78, 5) is 38.0. The molecular formula is C25H20N2O5. The van der Waals surface area contributed by atoms with Crippen LogP contribution < -0.4 is 0 Å². The number of hydrogen-bond acceptors (Lipinski definition) is 5. The standard InChI is InChI=1S/C25H20N2O5/c1-16-7-9-19(10-8-16)23(28)21-22(18-11-13-20(14-12-18)27(31)32)26(25(30)24(21)29)15-17-5-3-2-4-6-17/h2-14,22,28H,15H2,1H3/t22-/m0/s1. The van der Waals surface area contributed by atoms with Gasteiger partial charge < -0.3 is 10.0 Å². The van der Waals surface area contributed by atoms with E-state index in [1.54, 1.807) is 24.3 Å². The Labute approximate surface area is 184 Å². The van der Waals surface area contributed by atoms with E-state index < -0.39 is 22.7 Å². The van der Waals surface area contributed by atoms with Gasteiger partial charge in [-0.25, -0.2) is 0 Å². The first-order valence-corrected chi connectivity index (χ1v) is 10.0. The molecule has 3 aromatic carbocycles. The van der Waals surface area contributed by atoms with Crippen LogP contribution in [-0.2, 0) is 16.1 Å². The summed E-state index contributed by atoms with van der Waals surface area (Å²) in [5, 5.41) is 22.1. The lowest BCUT2D eigenvalue weighted by Gasteiger charge is -2.25. The second-order valence-corrected chi connectivity index (χ2v) is 7.63. The molecule has 0 aliphatic carbocycles. The van der Waals surface area contributed by atoms with E-state index in [0.717, 1.165) is 11.1 Å². The molecule has 7 nitrogen and oxygen atoms in total. The van der Waals surface area contributed by atoms with Crippen molar-refractivity contribution in [1.82, 2.24) is 4.90 Å². The van der Waals surface area contributed by atoms with Crippen molar-refractivity contribution >= 4 is 23.1 Å². The molecule has 0 unspecified atom stereocenters. The quantitative estimate of drug-likeness (QED) is 0.212. The number of benzene rings is 3. The molecule has 3 aromatic rings. The van der Waals surface area contributed by atoms with Crippen LogP contribution in [0.3, 0.4) is 0 Å². The van der Waals surface area contributed by atoms with Gasteiger partial charge >= 0.3 is 0 Å². The van der Waals surface area contributed by atoms with Gasteiger partial charge in [0, 0.05) is 24.2 Å². The lowest BCUT2D eigenvalue weighted by molar-refractivity contribution is -0.384. The molecule has 0 bridgehead atoms. The second-order valence-electron chi connectivity index (χ2n) is 7.63. The number of aliphatic hydroxyl groups is 1. The zero-order chi connectivity index (χ0) is 22.8. The van der Waals surface area contributed by atoms with Crippen LogP contribution >= 0.6 is 0 Å². The fraction of sp³-hybridized carbons (Fsp3) is 0.120. The number of ketones is 1. The Hall–Kier alpha value is -4.26. The predicted molar refractivity (Wildman–Crippen MR) is 119 cm³/mol. The number of rotatable bonds is 5. The van der Waals surface area contributed by atoms with Crippen molar-refractivity contribution in [3.05, 3.63) is 117 Å². The Morgan fingerprint density at radius 2 is 1.59 bits per heavy atom. The van der Waals surface area contributed by atoms with Gasteiger partial charge in [0.15, 0.2) is 0 Å². The molecule has 1 amide bonds. The highest BCUT2D eigenvalue weighted by atomic mass is 16.6. The molecule has 4 rings (SSSR count). The zero-order valence-electron chi connectivity index (χ0n) is 17.3. The number of carbonyl (C=O) groups excluding carboxylic acids is 2. The molecule has 0 radical (unpaired) electrons. The Morgan fingerprint density at radius 1 is 0.969 bits per heavy atom. The summed E-state index contributed by atoms with van der Waals surface area (Å²) >= 11 is 0. The summed E-state index contributed by atoms with van der Waals surface area (Å²) in [7, 11) is 0. The molecule has 0 saturated carbocycles. The maximum Gasteiger partial charge on any atom is 0.295 e. The van der Waals surface area contributed by atoms with Gasteiger partial charge in [-0.2, -0.15) is 0 Å². The van der Waals surface area contributed by atoms with E-state index in [-0.39, 0.29) is 23.6 Å². The molecule has 0 aromatic heterocycles. The number of Topliss-reactive ketones (excluding diaryl/α,β-unsaturated/α-hetero) is 1. The number of nitro benzene ring substituents is 1. The molecule has 0 spiro atoms. The summed E-state index contributed by atoms with van der Waals surface area (Å²) < 4.78 is 0. The summed E-state index contributed by atoms with van der Waals surface area (Å²) in [5.74, 6) is -1.80. The highest BCUT2D eigenvalue weighted by Crippen LogP contribution is 2.40. The number of hydrogen-bond donors (Lipinski definition) is 1. The van der Waals surface area contributed by atoms with Crippen LogP contribution in [0.5, 0.6) is 0 Å². The second kappa shape index (κ2) is 8.47. The van der Waals surface area contributed by atoms with E-state index in [1.165, 1.54) is 29.2 Å². The fourth-order valence-corrected chi connectivity index (χ4v) is 3.82. The Morgan fingerprint density at radius 3 is 2.19 bits per heavy atom. The number of nitro groups is 1. The third kappa shape index (κ3) is 3.88. The number of non-ortho nitro benzene ring substituents is 1. The predicted octanol–water partition coefficient (Wildman–Crippen LogP) is 4.53. The Bertz CT molecular complexity index is 1220. The van der Waals surface area contributed by atoms with E-state index in [2.05, 4.69) is 0 Å². The number of aryl methyl sites for hydroxylation is 1. The van der Waals surface area contributed by atoms with Crippen molar-refractivity contribution in [2.24, 2.45) is 0 Å². The molecule has 1 aliphatic rings. The molecule has 1 aliphatic heterocycles. The van der Waals surface area contributed by atoms with Gasteiger partial charge in [-0.05, 0) is 30.2 Å². The largest absolute Gasteiger partial charge is 0.507 e. The smallest absolute Gasteiger partial charge is 0.295 e. The topological polar surface area (TPSA) is 101 Å². The summed E-state index contributed by atoms with van der Waals surface area (Å²) in [6, 6.07) is 20.9. The van der Waals surface area contributed by atoms with E-state index in [0.29, 0.717) is 11.1 Å². The van der Waals surface area contributed by atoms with Crippen molar-refractivity contribution < 1.29 is 19.6 Å². The molecule has 1 N–H and O–H groups in total. The van der Waals surface area contributed by atoms with Crippen molar-refractivity contribution in [3.8, 4) is 0 Å². The van der Waals surface area contributed by atoms with Crippen molar-refractivity contribution in [2.45, 2.75) is 19.5 Å². The number of carbonyl (C=O) groups is 2. The average Bonchev–Trinajstić information content (AvgIpc) is 3.05. The fourth-order valence-electron chi connectivity index (χ4n) is 3.82. The van der Waals surface area contributed by atoms with Gasteiger partial charge in [-0.3, -0.25) is 19.7 Å². The maximum atomic E-state index is 13.0. The van der Waals surface area contributed by atoms with Crippen molar-refractivity contribution in [2.75, 3.05) is 0 Å². The average molecular weight is 428 g/mol. The van der Waals surface area contributed by atoms with Crippen LogP contribution in [0.4, 0.5) is 5.69 Å². The molecular weight excluding hydrogens is 408 g/mol. The number of aliphatic hydroxyl groups excluding tert-OH is 1. The number of likely N-dealkylation sites (tertiary alicyclic amines) is 1. The number of nitrogens with zero attached hydrogens (tertiary/aromatic N) is 2. The van der Waals surface area contributed by atoms with Gasteiger partial charge in [0.25, 0.3) is 17.4 Å². The first kappa shape index (κ1) is 21.0. The first-order chi connectivity index (χ1) is 15.4. The van der Waals surface area contributed by atoms with Gasteiger partial charge in [0.1, 0.15) is 5.76 Å². The summed E-state index contributed by atoms with van der Waals surface area (Å²) in [5.41, 5.74) is 2.57. The molecule has 1 heterocycles. The molecule has 1 atom stereocenters. The molecule has 160 valence electrons. The van der Waals surface area contributed by atoms with Crippen LogP contribution in [-0.4, -0.2) is 26.6 Å². The normalized spacial score (nSPS) is 17.5. The van der Waals surface area contributed by atoms with Crippen LogP contribution in [0.2, 0.25) is 0 Å². The van der Waals surface area contributed by atoms with E-state index in [4.69, 9.17) is 0 Å². The van der Waals surface area contributed by atoms with E-state index >= 15 is 0 Å². The van der Waals surface area contributed by atoms with Gasteiger partial charge in [0.2, 0.25) is 0 Å². The van der Waals surface area contributed by atoms with Crippen molar-refractivity contribution in [1.29, 1.82) is 0 Å². The van der Waals surface area contributed by atoms with E-state index in [1.807, 2.05) is 37.3 Å². The van der Waals surface area contributed by atoms with E-state index in [9.17, 15) is 24.8 Å². The van der Waals surface area contributed by atoms with Crippen molar-refractivity contribution in [3.63, 3.8) is 0 Å². The van der Waals surface area contributed by atoms with Gasteiger partial charge in [-0.1, -0.05) is 60.2 Å². The SMILES string of the molecule is Cc1ccc(C(O)=C2C(=O)C(=O)N(Cc3ccccc3)[C@H]2c2ccc([N+](=O)[O-])cc2)cc1. The van der Waals surface area contributed by atoms with Crippen LogP contribution in [0.1, 0.15) is 28.3 Å². The molecule has 32 heavy (non-hydrogen) atoms.